The van der Waals surface area contributed by atoms with Gasteiger partial charge in [-0.25, -0.2) is 24.3 Å². The van der Waals surface area contributed by atoms with Crippen molar-refractivity contribution in [2.24, 2.45) is 0 Å². The third kappa shape index (κ3) is 4.40. The summed E-state index contributed by atoms with van der Waals surface area (Å²) in [5, 5.41) is 6.26. The Morgan fingerprint density at radius 2 is 1.67 bits per heavy atom. The molecular formula is C19H12F7N7. The second-order valence-electron chi connectivity index (χ2n) is 6.87. The van der Waals surface area contributed by atoms with Gasteiger partial charge in [-0.15, -0.1) is 0 Å². The summed E-state index contributed by atoms with van der Waals surface area (Å²) in [7, 11) is 0. The van der Waals surface area contributed by atoms with Crippen LogP contribution in [0.3, 0.4) is 0 Å². The molecule has 3 aromatic heterocycles. The molecule has 1 aromatic carbocycles. The molecule has 0 radical (unpaired) electrons. The maximum atomic E-state index is 13.5. The van der Waals surface area contributed by atoms with Gasteiger partial charge in [0.25, 0.3) is 0 Å². The van der Waals surface area contributed by atoms with Gasteiger partial charge in [0.1, 0.15) is 24.3 Å². The molecule has 0 amide bonds. The zero-order valence-corrected chi connectivity index (χ0v) is 16.4. The van der Waals surface area contributed by atoms with Gasteiger partial charge < -0.3 is 5.32 Å². The number of aromatic nitrogens is 6. The maximum Gasteiger partial charge on any atom is 0.418 e. The Balaban J connectivity index is 1.79. The van der Waals surface area contributed by atoms with Gasteiger partial charge in [0.2, 0.25) is 0 Å². The standard InChI is InChI=1S/C19H12F7N7/c1-9(17-30-8-31-33(17)14-3-2-11(20)6-27-14)32-16-12-4-10(18(21,22)23)5-13(19(24,25)26)15(12)28-7-29-16/h2-9H,1H3,(H,28,29,32). The number of hydrogen-bond donors (Lipinski definition) is 1. The molecule has 7 nitrogen and oxygen atoms in total. The molecule has 0 saturated heterocycles. The molecule has 1 atom stereocenters. The van der Waals surface area contributed by atoms with Crippen LogP contribution in [0.15, 0.2) is 43.1 Å². The Morgan fingerprint density at radius 3 is 2.30 bits per heavy atom. The zero-order valence-electron chi connectivity index (χ0n) is 16.4. The average molecular weight is 471 g/mol. The van der Waals surface area contributed by atoms with Gasteiger partial charge in [0.05, 0.1) is 28.9 Å². The minimum atomic E-state index is -5.08. The average Bonchev–Trinajstić information content (AvgIpc) is 3.22. The van der Waals surface area contributed by atoms with Gasteiger partial charge >= 0.3 is 12.4 Å². The highest BCUT2D eigenvalue weighted by atomic mass is 19.4. The van der Waals surface area contributed by atoms with Crippen LogP contribution in [0.2, 0.25) is 0 Å². The second kappa shape index (κ2) is 7.94. The van der Waals surface area contributed by atoms with Crippen LogP contribution < -0.4 is 5.32 Å². The number of nitrogens with zero attached hydrogens (tertiary/aromatic N) is 6. The Hall–Kier alpha value is -3.84. The fourth-order valence-electron chi connectivity index (χ4n) is 3.15. The van der Waals surface area contributed by atoms with Gasteiger partial charge in [-0.3, -0.25) is 0 Å². The fraction of sp³-hybridized carbons (Fsp3) is 0.211. The van der Waals surface area contributed by atoms with Crippen LogP contribution in [0, 0.1) is 5.82 Å². The maximum absolute atomic E-state index is 13.5. The molecule has 0 aliphatic carbocycles. The monoisotopic (exact) mass is 471 g/mol. The molecule has 1 N–H and O–H groups in total. The molecule has 1 unspecified atom stereocenters. The first-order valence-corrected chi connectivity index (χ1v) is 9.16. The lowest BCUT2D eigenvalue weighted by molar-refractivity contribution is -0.142. The molecule has 4 aromatic rings. The fourth-order valence-corrected chi connectivity index (χ4v) is 3.15. The van der Waals surface area contributed by atoms with Crippen molar-refractivity contribution >= 4 is 16.7 Å². The number of benzene rings is 1. The molecule has 0 saturated carbocycles. The normalized spacial score (nSPS) is 13.3. The zero-order chi connectivity index (χ0) is 24.0. The first-order valence-electron chi connectivity index (χ1n) is 9.16. The number of fused-ring (bicyclic) bond motifs is 1. The van der Waals surface area contributed by atoms with Gasteiger partial charge in [-0.05, 0) is 31.2 Å². The van der Waals surface area contributed by atoms with Gasteiger partial charge in [-0.2, -0.15) is 36.1 Å². The Labute approximate surface area is 180 Å². The minimum absolute atomic E-state index is 0.0133. The molecule has 0 spiro atoms. The van der Waals surface area contributed by atoms with E-state index in [0.29, 0.717) is 6.07 Å². The SMILES string of the molecule is CC(Nc1ncnc2c(C(F)(F)F)cc(C(F)(F)F)cc12)c1ncnn1-c1ccc(F)cn1. The van der Waals surface area contributed by atoms with E-state index in [0.717, 1.165) is 18.6 Å². The summed E-state index contributed by atoms with van der Waals surface area (Å²) in [5.74, 6) is -0.460. The molecule has 0 bridgehead atoms. The molecule has 3 heterocycles. The molecule has 33 heavy (non-hydrogen) atoms. The van der Waals surface area contributed by atoms with Crippen LogP contribution in [0.4, 0.5) is 36.6 Å². The van der Waals surface area contributed by atoms with Crippen molar-refractivity contribution in [3.63, 3.8) is 0 Å². The number of alkyl halides is 6. The van der Waals surface area contributed by atoms with E-state index in [1.807, 2.05) is 0 Å². The first-order chi connectivity index (χ1) is 15.4. The predicted molar refractivity (Wildman–Crippen MR) is 101 cm³/mol. The quantitative estimate of drug-likeness (QED) is 0.424. The van der Waals surface area contributed by atoms with Gasteiger partial charge in [0.15, 0.2) is 11.6 Å². The van der Waals surface area contributed by atoms with E-state index in [1.165, 1.54) is 24.0 Å². The molecule has 172 valence electrons. The molecule has 0 fully saturated rings. The van der Waals surface area contributed by atoms with Crippen molar-refractivity contribution in [2.45, 2.75) is 25.3 Å². The predicted octanol–water partition coefficient (Wildman–Crippen LogP) is 4.96. The van der Waals surface area contributed by atoms with Crippen LogP contribution in [-0.2, 0) is 12.4 Å². The lowest BCUT2D eigenvalue weighted by atomic mass is 10.0. The lowest BCUT2D eigenvalue weighted by Gasteiger charge is -2.18. The molecule has 4 rings (SSSR count). The Morgan fingerprint density at radius 1 is 0.909 bits per heavy atom. The highest BCUT2D eigenvalue weighted by Gasteiger charge is 2.39. The van der Waals surface area contributed by atoms with Crippen LogP contribution in [0.1, 0.15) is 29.9 Å². The number of nitrogens with one attached hydrogen (secondary N) is 1. The van der Waals surface area contributed by atoms with E-state index in [4.69, 9.17) is 0 Å². The first kappa shape index (κ1) is 22.4. The van der Waals surface area contributed by atoms with Crippen LogP contribution in [-0.4, -0.2) is 29.7 Å². The molecule has 14 heteroatoms. The summed E-state index contributed by atoms with van der Waals surface area (Å²) in [6, 6.07) is 2.22. The van der Waals surface area contributed by atoms with Crippen molar-refractivity contribution in [2.75, 3.05) is 5.32 Å². The lowest BCUT2D eigenvalue weighted by Crippen LogP contribution is -2.16. The van der Waals surface area contributed by atoms with Crippen molar-refractivity contribution < 1.29 is 30.7 Å². The second-order valence-corrected chi connectivity index (χ2v) is 6.87. The van der Waals surface area contributed by atoms with Crippen LogP contribution in [0.25, 0.3) is 16.7 Å². The van der Waals surface area contributed by atoms with E-state index in [2.05, 4.69) is 30.4 Å². The number of rotatable bonds is 4. The summed E-state index contributed by atoms with van der Waals surface area (Å²) in [6.07, 6.45) is -7.17. The van der Waals surface area contributed by atoms with Crippen molar-refractivity contribution in [1.82, 2.24) is 29.7 Å². The summed E-state index contributed by atoms with van der Waals surface area (Å²) in [5.41, 5.74) is -3.72. The number of hydrogen-bond acceptors (Lipinski definition) is 6. The third-order valence-corrected chi connectivity index (χ3v) is 4.61. The Bertz CT molecular complexity index is 1300. The summed E-state index contributed by atoms with van der Waals surface area (Å²) in [4.78, 5) is 15.3. The minimum Gasteiger partial charge on any atom is -0.360 e. The number of pyridine rings is 1. The van der Waals surface area contributed by atoms with E-state index >= 15 is 0 Å². The highest BCUT2D eigenvalue weighted by Crippen LogP contribution is 2.40. The largest absolute Gasteiger partial charge is 0.418 e. The van der Waals surface area contributed by atoms with Crippen molar-refractivity contribution in [3.05, 3.63) is 65.9 Å². The van der Waals surface area contributed by atoms with E-state index in [-0.39, 0.29) is 23.5 Å². The number of anilines is 1. The van der Waals surface area contributed by atoms with Gasteiger partial charge in [-0.1, -0.05) is 0 Å². The van der Waals surface area contributed by atoms with Crippen LogP contribution >= 0.6 is 0 Å². The highest BCUT2D eigenvalue weighted by molar-refractivity contribution is 5.92. The smallest absolute Gasteiger partial charge is 0.360 e. The summed E-state index contributed by atoms with van der Waals surface area (Å²) >= 11 is 0. The third-order valence-electron chi connectivity index (χ3n) is 4.61. The molecular weight excluding hydrogens is 459 g/mol. The van der Waals surface area contributed by atoms with Crippen molar-refractivity contribution in [3.8, 4) is 5.82 Å². The molecule has 0 aliphatic rings. The Kier molecular flexibility index (Phi) is 5.38. The summed E-state index contributed by atoms with van der Waals surface area (Å²) < 4.78 is 94.7. The molecule has 0 aliphatic heterocycles. The number of halogens is 7. The van der Waals surface area contributed by atoms with E-state index < -0.39 is 46.2 Å². The van der Waals surface area contributed by atoms with Gasteiger partial charge in [0, 0.05) is 5.39 Å². The van der Waals surface area contributed by atoms with Crippen LogP contribution in [0.5, 0.6) is 0 Å². The summed E-state index contributed by atoms with van der Waals surface area (Å²) in [6.45, 7) is 1.54. The van der Waals surface area contributed by atoms with E-state index in [1.54, 1.807) is 0 Å². The topological polar surface area (TPSA) is 81.4 Å². The van der Waals surface area contributed by atoms with Crippen molar-refractivity contribution in [1.29, 1.82) is 0 Å². The van der Waals surface area contributed by atoms with E-state index in [9.17, 15) is 30.7 Å².